The van der Waals surface area contributed by atoms with Crippen molar-refractivity contribution < 1.29 is 9.47 Å². The zero-order valence-corrected chi connectivity index (χ0v) is 20.9. The Balaban J connectivity index is 1.51. The molecule has 1 saturated carbocycles. The average Bonchev–Trinajstić information content (AvgIpc) is 3.63. The minimum atomic E-state index is -0.0490. The number of fused-ring (bicyclic) bond motifs is 1. The lowest BCUT2D eigenvalue weighted by molar-refractivity contribution is 0.0718. The zero-order valence-electron chi connectivity index (χ0n) is 20.9. The fourth-order valence-electron chi connectivity index (χ4n) is 5.73. The normalized spacial score (nSPS) is 19.9. The minimum Gasteiger partial charge on any atom is -0.497 e. The Bertz CT molecular complexity index is 1190. The van der Waals surface area contributed by atoms with Gasteiger partial charge in [0.15, 0.2) is 5.82 Å². The predicted molar refractivity (Wildman–Crippen MR) is 133 cm³/mol. The molecule has 2 aromatic heterocycles. The lowest BCUT2D eigenvalue weighted by Crippen LogP contribution is -2.41. The Kier molecular flexibility index (Phi) is 7.15. The van der Waals surface area contributed by atoms with Gasteiger partial charge in [0.2, 0.25) is 0 Å². The molecule has 188 valence electrons. The summed E-state index contributed by atoms with van der Waals surface area (Å²) in [5.41, 5.74) is 1.52. The average molecular weight is 481 g/mol. The summed E-state index contributed by atoms with van der Waals surface area (Å²) >= 11 is 0. The molecule has 0 spiro atoms. The first-order chi connectivity index (χ1) is 17.0. The SMILES string of the molecule is COc1ccc2[nH]c(=O)c(CN(C3CCCC3)[C@H](c3nnnn3C[C@H]3CCCO3)C(C)C)cc2c1. The van der Waals surface area contributed by atoms with Crippen LogP contribution >= 0.6 is 0 Å². The molecule has 2 atom stereocenters. The first-order valence-corrected chi connectivity index (χ1v) is 12.9. The number of H-pyrrole nitrogens is 1. The molecule has 2 fully saturated rings. The van der Waals surface area contributed by atoms with Crippen molar-refractivity contribution in [3.8, 4) is 5.75 Å². The largest absolute Gasteiger partial charge is 0.497 e. The molecule has 3 heterocycles. The van der Waals surface area contributed by atoms with Crippen LogP contribution in [0.1, 0.15) is 69.8 Å². The number of nitrogens with one attached hydrogen (secondary N) is 1. The topological polar surface area (TPSA) is 98.2 Å². The minimum absolute atomic E-state index is 0.00471. The van der Waals surface area contributed by atoms with E-state index in [1.165, 1.54) is 12.8 Å². The van der Waals surface area contributed by atoms with Crippen LogP contribution < -0.4 is 10.3 Å². The summed E-state index contributed by atoms with van der Waals surface area (Å²) in [6.07, 6.45) is 6.93. The van der Waals surface area contributed by atoms with Gasteiger partial charge >= 0.3 is 0 Å². The maximum atomic E-state index is 13.1. The van der Waals surface area contributed by atoms with E-state index in [1.807, 2.05) is 28.9 Å². The first-order valence-electron chi connectivity index (χ1n) is 12.9. The third-order valence-electron chi connectivity index (χ3n) is 7.49. The lowest BCUT2D eigenvalue weighted by Gasteiger charge is -2.38. The molecular weight excluding hydrogens is 444 g/mol. The molecule has 1 aromatic carbocycles. The van der Waals surface area contributed by atoms with Gasteiger partial charge in [0.05, 0.1) is 25.8 Å². The molecule has 9 nitrogen and oxygen atoms in total. The van der Waals surface area contributed by atoms with Gasteiger partial charge in [0.25, 0.3) is 5.56 Å². The zero-order chi connectivity index (χ0) is 24.4. The van der Waals surface area contributed by atoms with Gasteiger partial charge in [-0.2, -0.15) is 0 Å². The first kappa shape index (κ1) is 23.9. The highest BCUT2D eigenvalue weighted by Crippen LogP contribution is 2.36. The quantitative estimate of drug-likeness (QED) is 0.497. The lowest BCUT2D eigenvalue weighted by atomic mass is 9.97. The van der Waals surface area contributed by atoms with Gasteiger partial charge in [-0.25, -0.2) is 4.68 Å². The number of rotatable bonds is 9. The Morgan fingerprint density at radius 2 is 2.03 bits per heavy atom. The molecule has 3 aromatic rings. The van der Waals surface area contributed by atoms with Gasteiger partial charge in [-0.1, -0.05) is 26.7 Å². The van der Waals surface area contributed by atoms with E-state index in [4.69, 9.17) is 9.47 Å². The number of aromatic nitrogens is 5. The van der Waals surface area contributed by atoms with Crippen molar-refractivity contribution in [2.45, 2.75) is 83.6 Å². The van der Waals surface area contributed by atoms with Crippen LogP contribution in [0.4, 0.5) is 0 Å². The number of methoxy groups -OCH3 is 1. The van der Waals surface area contributed by atoms with E-state index in [-0.39, 0.29) is 23.6 Å². The summed E-state index contributed by atoms with van der Waals surface area (Å²) in [5.74, 6) is 1.90. The van der Waals surface area contributed by atoms with Crippen LogP contribution in [0.2, 0.25) is 0 Å². The second-order valence-electron chi connectivity index (χ2n) is 10.2. The molecule has 9 heteroatoms. The number of benzene rings is 1. The molecule has 0 amide bonds. The van der Waals surface area contributed by atoms with E-state index in [9.17, 15) is 4.79 Å². The van der Waals surface area contributed by atoms with E-state index >= 15 is 0 Å². The molecule has 1 aliphatic carbocycles. The summed E-state index contributed by atoms with van der Waals surface area (Å²) < 4.78 is 13.2. The van der Waals surface area contributed by atoms with Crippen LogP contribution in [0.3, 0.4) is 0 Å². The van der Waals surface area contributed by atoms with Gasteiger partial charge in [-0.15, -0.1) is 5.10 Å². The van der Waals surface area contributed by atoms with Crippen LogP contribution in [-0.4, -0.2) is 56.0 Å². The summed E-state index contributed by atoms with van der Waals surface area (Å²) in [5, 5.41) is 13.9. The molecule has 5 rings (SSSR count). The van der Waals surface area contributed by atoms with E-state index in [0.29, 0.717) is 19.1 Å². The van der Waals surface area contributed by atoms with Crippen LogP contribution in [0.5, 0.6) is 5.75 Å². The maximum Gasteiger partial charge on any atom is 0.252 e. The summed E-state index contributed by atoms with van der Waals surface area (Å²) in [6.45, 7) is 6.45. The van der Waals surface area contributed by atoms with Gasteiger partial charge in [0, 0.05) is 35.7 Å². The number of hydrogen-bond acceptors (Lipinski definition) is 7. The van der Waals surface area contributed by atoms with Crippen LogP contribution in [0, 0.1) is 5.92 Å². The Labute approximate surface area is 205 Å². The molecule has 1 N–H and O–H groups in total. The van der Waals surface area contributed by atoms with E-state index in [2.05, 4.69) is 39.3 Å². The second-order valence-corrected chi connectivity index (χ2v) is 10.2. The van der Waals surface area contributed by atoms with E-state index in [0.717, 1.165) is 60.3 Å². The van der Waals surface area contributed by atoms with Gasteiger partial charge in [0.1, 0.15) is 5.75 Å². The molecule has 2 aliphatic rings. The number of pyridine rings is 1. The Morgan fingerprint density at radius 3 is 2.74 bits per heavy atom. The summed E-state index contributed by atoms with van der Waals surface area (Å²) in [4.78, 5) is 18.7. The molecule has 0 unspecified atom stereocenters. The summed E-state index contributed by atoms with van der Waals surface area (Å²) in [6, 6.07) is 8.11. The Hall–Kier alpha value is -2.78. The third-order valence-corrected chi connectivity index (χ3v) is 7.49. The van der Waals surface area contributed by atoms with Gasteiger partial charge in [-0.3, -0.25) is 9.69 Å². The second kappa shape index (κ2) is 10.5. The molecule has 1 saturated heterocycles. The highest BCUT2D eigenvalue weighted by Gasteiger charge is 2.36. The third kappa shape index (κ3) is 5.11. The van der Waals surface area contributed by atoms with Crippen LogP contribution in [0.15, 0.2) is 29.1 Å². The van der Waals surface area contributed by atoms with Gasteiger partial charge in [-0.05, 0) is 66.3 Å². The van der Waals surface area contributed by atoms with Gasteiger partial charge < -0.3 is 14.5 Å². The monoisotopic (exact) mass is 480 g/mol. The number of nitrogens with zero attached hydrogens (tertiary/aromatic N) is 5. The van der Waals surface area contributed by atoms with Crippen molar-refractivity contribution in [3.63, 3.8) is 0 Å². The number of ether oxygens (including phenoxy) is 2. The van der Waals surface area contributed by atoms with Crippen molar-refractivity contribution in [2.75, 3.05) is 13.7 Å². The molecule has 35 heavy (non-hydrogen) atoms. The molecule has 0 radical (unpaired) electrons. The molecular formula is C26H36N6O3. The van der Waals surface area contributed by atoms with Crippen molar-refractivity contribution in [1.29, 1.82) is 0 Å². The Morgan fingerprint density at radius 1 is 1.20 bits per heavy atom. The smallest absolute Gasteiger partial charge is 0.252 e. The van der Waals surface area contributed by atoms with E-state index in [1.54, 1.807) is 7.11 Å². The maximum absolute atomic E-state index is 13.1. The number of hydrogen-bond donors (Lipinski definition) is 1. The summed E-state index contributed by atoms with van der Waals surface area (Å²) in [7, 11) is 1.66. The van der Waals surface area contributed by atoms with Crippen molar-refractivity contribution >= 4 is 10.9 Å². The number of tetrazole rings is 1. The van der Waals surface area contributed by atoms with Crippen LogP contribution in [-0.2, 0) is 17.8 Å². The van der Waals surface area contributed by atoms with Crippen LogP contribution in [0.25, 0.3) is 10.9 Å². The fourth-order valence-corrected chi connectivity index (χ4v) is 5.73. The van der Waals surface area contributed by atoms with Crippen molar-refractivity contribution in [2.24, 2.45) is 5.92 Å². The molecule has 0 bridgehead atoms. The van der Waals surface area contributed by atoms with Crippen molar-refractivity contribution in [3.05, 3.63) is 46.0 Å². The van der Waals surface area contributed by atoms with Crippen molar-refractivity contribution in [1.82, 2.24) is 30.1 Å². The fraction of sp³-hybridized carbons (Fsp3) is 0.615. The highest BCUT2D eigenvalue weighted by molar-refractivity contribution is 5.80. The number of aromatic amines is 1. The molecule has 1 aliphatic heterocycles. The predicted octanol–water partition coefficient (Wildman–Crippen LogP) is 3.84. The van der Waals surface area contributed by atoms with E-state index < -0.39 is 0 Å². The highest BCUT2D eigenvalue weighted by atomic mass is 16.5. The standard InChI is InChI=1S/C26H36N6O3/c1-17(2)24(25-28-29-30-32(25)16-22-9-6-12-35-22)31(20-7-4-5-8-20)15-19-13-18-14-21(34-3)10-11-23(18)27-26(19)33/h10-11,13-14,17,20,22,24H,4-9,12,15-16H2,1-3H3,(H,27,33)/t22-,24+/m1/s1.